The highest BCUT2D eigenvalue weighted by atomic mass is 35.5. The van der Waals surface area contributed by atoms with Crippen LogP contribution in [0, 0.1) is 17.2 Å². The number of nitrogens with two attached hydrogens (primary N) is 1. The van der Waals surface area contributed by atoms with Gasteiger partial charge in [0.05, 0.1) is 42.3 Å². The van der Waals surface area contributed by atoms with Gasteiger partial charge in [-0.25, -0.2) is 0 Å². The van der Waals surface area contributed by atoms with E-state index in [0.29, 0.717) is 47.5 Å². The van der Waals surface area contributed by atoms with Crippen LogP contribution in [0.3, 0.4) is 0 Å². The monoisotopic (exact) mass is 377 g/mol. The molecule has 2 aromatic rings. The number of ether oxygens (including phenoxy) is 2. The van der Waals surface area contributed by atoms with Crippen LogP contribution in [0.15, 0.2) is 24.4 Å². The standard InChI is InChI=1S/C17H20ClN5O3/c1-25-15-6-11(2-3-13(15)18)21-17-12(16(20)24)8-23(22-17)14-9-26-5-4-10(14)7-19/h2-3,6,8,10,14,16,24H,4-5,9,20H2,1H3,(H,21,22)/t10-,14+,16?/m1/s1. The van der Waals surface area contributed by atoms with Crippen LogP contribution < -0.4 is 15.8 Å². The van der Waals surface area contributed by atoms with Crippen molar-refractivity contribution < 1.29 is 14.6 Å². The summed E-state index contributed by atoms with van der Waals surface area (Å²) in [6, 6.07) is 7.23. The lowest BCUT2D eigenvalue weighted by atomic mass is 9.97. The molecule has 0 spiro atoms. The maximum atomic E-state index is 9.90. The van der Waals surface area contributed by atoms with E-state index in [1.807, 2.05) is 0 Å². The first-order chi connectivity index (χ1) is 12.5. The minimum Gasteiger partial charge on any atom is -0.495 e. The summed E-state index contributed by atoms with van der Waals surface area (Å²) in [5, 5.41) is 27.4. The SMILES string of the molecule is COc1cc(Nc2nn([C@H]3COCC[C@@H]3C#N)cc2C(N)O)ccc1Cl. The lowest BCUT2D eigenvalue weighted by Crippen LogP contribution is -2.29. The predicted molar refractivity (Wildman–Crippen MR) is 96.2 cm³/mol. The van der Waals surface area contributed by atoms with Gasteiger partial charge in [0.1, 0.15) is 12.0 Å². The van der Waals surface area contributed by atoms with E-state index in [0.717, 1.165) is 0 Å². The van der Waals surface area contributed by atoms with Crippen molar-refractivity contribution in [2.24, 2.45) is 11.7 Å². The molecule has 1 saturated heterocycles. The van der Waals surface area contributed by atoms with Crippen LogP contribution in [-0.4, -0.2) is 35.2 Å². The van der Waals surface area contributed by atoms with E-state index >= 15 is 0 Å². The number of aliphatic hydroxyl groups excluding tert-OH is 1. The largest absolute Gasteiger partial charge is 0.495 e. The van der Waals surface area contributed by atoms with Gasteiger partial charge >= 0.3 is 0 Å². The molecule has 0 bridgehead atoms. The first-order valence-electron chi connectivity index (χ1n) is 8.14. The maximum absolute atomic E-state index is 9.90. The van der Waals surface area contributed by atoms with Crippen molar-refractivity contribution in [2.75, 3.05) is 25.6 Å². The molecule has 0 aliphatic carbocycles. The van der Waals surface area contributed by atoms with E-state index in [9.17, 15) is 10.4 Å². The number of nitrogens with one attached hydrogen (secondary N) is 1. The molecule has 0 amide bonds. The fourth-order valence-corrected chi connectivity index (χ4v) is 3.09. The van der Waals surface area contributed by atoms with Gasteiger partial charge in [0.25, 0.3) is 0 Å². The third-order valence-corrected chi connectivity index (χ3v) is 4.64. The van der Waals surface area contributed by atoms with Crippen LogP contribution in [-0.2, 0) is 4.74 Å². The van der Waals surface area contributed by atoms with Crippen molar-refractivity contribution in [1.82, 2.24) is 9.78 Å². The Bertz CT molecular complexity index is 817. The summed E-state index contributed by atoms with van der Waals surface area (Å²) in [6.07, 6.45) is 1.06. The number of methoxy groups -OCH3 is 1. The minimum absolute atomic E-state index is 0.213. The number of hydrogen-bond acceptors (Lipinski definition) is 7. The molecule has 4 N–H and O–H groups in total. The third kappa shape index (κ3) is 3.76. The van der Waals surface area contributed by atoms with Gasteiger partial charge in [0.2, 0.25) is 0 Å². The molecule has 0 radical (unpaired) electrons. The average molecular weight is 378 g/mol. The lowest BCUT2D eigenvalue weighted by molar-refractivity contribution is 0.0341. The number of aliphatic hydroxyl groups is 1. The highest BCUT2D eigenvalue weighted by molar-refractivity contribution is 6.32. The molecule has 3 atom stereocenters. The summed E-state index contributed by atoms with van der Waals surface area (Å²) >= 11 is 6.04. The van der Waals surface area contributed by atoms with Crippen molar-refractivity contribution >= 4 is 23.1 Å². The molecule has 0 saturated carbocycles. The Hall–Kier alpha value is -2.31. The Labute approximate surface area is 156 Å². The average Bonchev–Trinajstić information content (AvgIpc) is 3.07. The van der Waals surface area contributed by atoms with Gasteiger partial charge in [-0.05, 0) is 18.6 Å². The maximum Gasteiger partial charge on any atom is 0.159 e. The van der Waals surface area contributed by atoms with Crippen LogP contribution in [0.5, 0.6) is 5.75 Å². The zero-order valence-electron chi connectivity index (χ0n) is 14.2. The molecule has 1 unspecified atom stereocenters. The predicted octanol–water partition coefficient (Wildman–Crippen LogP) is 2.34. The highest BCUT2D eigenvalue weighted by Gasteiger charge is 2.29. The summed E-state index contributed by atoms with van der Waals surface area (Å²) in [4.78, 5) is 0. The van der Waals surface area contributed by atoms with Crippen molar-refractivity contribution in [1.29, 1.82) is 5.26 Å². The normalized spacial score (nSPS) is 21.0. The highest BCUT2D eigenvalue weighted by Crippen LogP contribution is 2.32. The van der Waals surface area contributed by atoms with E-state index in [4.69, 9.17) is 26.8 Å². The second-order valence-electron chi connectivity index (χ2n) is 6.00. The minimum atomic E-state index is -1.22. The van der Waals surface area contributed by atoms with Gasteiger partial charge in [-0.2, -0.15) is 10.4 Å². The Morgan fingerprint density at radius 3 is 3.08 bits per heavy atom. The molecule has 1 aliphatic rings. The summed E-state index contributed by atoms with van der Waals surface area (Å²) in [5.74, 6) is 0.692. The van der Waals surface area contributed by atoms with Gasteiger partial charge in [-0.15, -0.1) is 0 Å². The van der Waals surface area contributed by atoms with Crippen LogP contribution >= 0.6 is 11.6 Å². The fourth-order valence-electron chi connectivity index (χ4n) is 2.90. The lowest BCUT2D eigenvalue weighted by Gasteiger charge is -2.27. The molecule has 3 rings (SSSR count). The van der Waals surface area contributed by atoms with E-state index in [2.05, 4.69) is 16.5 Å². The second kappa shape index (κ2) is 7.93. The molecule has 1 aromatic carbocycles. The Morgan fingerprint density at radius 2 is 2.38 bits per heavy atom. The molecule has 1 fully saturated rings. The Morgan fingerprint density at radius 1 is 1.58 bits per heavy atom. The van der Waals surface area contributed by atoms with Crippen LogP contribution in [0.1, 0.15) is 24.3 Å². The quantitative estimate of drug-likeness (QED) is 0.684. The first kappa shape index (κ1) is 18.5. The number of aromatic nitrogens is 2. The number of halogens is 1. The second-order valence-corrected chi connectivity index (χ2v) is 6.41. The van der Waals surface area contributed by atoms with Gasteiger partial charge in [-0.3, -0.25) is 4.68 Å². The zero-order chi connectivity index (χ0) is 18.7. The number of nitrogens with zero attached hydrogens (tertiary/aromatic N) is 3. The fraction of sp³-hybridized carbons (Fsp3) is 0.412. The van der Waals surface area contributed by atoms with Gasteiger partial charge in [-0.1, -0.05) is 11.6 Å². The number of anilines is 2. The Balaban J connectivity index is 1.92. The topological polar surface area (TPSA) is 118 Å². The Kier molecular flexibility index (Phi) is 5.64. The molecule has 1 aliphatic heterocycles. The number of hydrogen-bond donors (Lipinski definition) is 3. The molecule has 138 valence electrons. The number of nitriles is 1. The van der Waals surface area contributed by atoms with Crippen LogP contribution in [0.4, 0.5) is 11.5 Å². The van der Waals surface area contributed by atoms with Crippen molar-refractivity contribution in [3.8, 4) is 11.8 Å². The number of benzene rings is 1. The number of rotatable bonds is 5. The summed E-state index contributed by atoms with van der Waals surface area (Å²) in [5.41, 5.74) is 6.77. The van der Waals surface area contributed by atoms with Crippen molar-refractivity contribution in [3.63, 3.8) is 0 Å². The summed E-state index contributed by atoms with van der Waals surface area (Å²) in [6.45, 7) is 0.937. The molecular weight excluding hydrogens is 358 g/mol. The van der Waals surface area contributed by atoms with Gasteiger partial charge in [0, 0.05) is 24.6 Å². The van der Waals surface area contributed by atoms with E-state index in [1.54, 1.807) is 29.1 Å². The molecule has 9 heteroatoms. The molecule has 26 heavy (non-hydrogen) atoms. The van der Waals surface area contributed by atoms with Crippen molar-refractivity contribution in [3.05, 3.63) is 35.0 Å². The summed E-state index contributed by atoms with van der Waals surface area (Å²) in [7, 11) is 1.53. The first-order valence-corrected chi connectivity index (χ1v) is 8.52. The molecule has 1 aromatic heterocycles. The van der Waals surface area contributed by atoms with E-state index < -0.39 is 6.23 Å². The van der Waals surface area contributed by atoms with Crippen LogP contribution in [0.25, 0.3) is 0 Å². The third-order valence-electron chi connectivity index (χ3n) is 4.32. The smallest absolute Gasteiger partial charge is 0.159 e. The zero-order valence-corrected chi connectivity index (χ0v) is 15.0. The van der Waals surface area contributed by atoms with E-state index in [1.165, 1.54) is 7.11 Å². The molecular formula is C17H20ClN5O3. The molecule has 8 nitrogen and oxygen atoms in total. The van der Waals surface area contributed by atoms with Crippen LogP contribution in [0.2, 0.25) is 5.02 Å². The van der Waals surface area contributed by atoms with Gasteiger partial charge in [0.15, 0.2) is 5.82 Å². The van der Waals surface area contributed by atoms with Gasteiger partial charge < -0.3 is 25.6 Å². The summed E-state index contributed by atoms with van der Waals surface area (Å²) < 4.78 is 12.3. The van der Waals surface area contributed by atoms with Crippen molar-refractivity contribution in [2.45, 2.75) is 18.7 Å². The molecule has 2 heterocycles. The van der Waals surface area contributed by atoms with E-state index in [-0.39, 0.29) is 12.0 Å².